The fourth-order valence-electron chi connectivity index (χ4n) is 3.66. The van der Waals surface area contributed by atoms with E-state index >= 15 is 0 Å². The number of piperazine rings is 1. The van der Waals surface area contributed by atoms with E-state index in [0.717, 1.165) is 26.2 Å². The molecule has 1 aliphatic heterocycles. The monoisotopic (exact) mass is 319 g/mol. The Kier molecular flexibility index (Phi) is 5.49. The minimum Gasteiger partial charge on any atom is -0.334 e. The fraction of sp³-hybridized carbons (Fsp3) is 0.611. The number of carbonyl (C=O) groups excluding carboxylic acids is 1. The van der Waals surface area contributed by atoms with Gasteiger partial charge in [0.15, 0.2) is 0 Å². The summed E-state index contributed by atoms with van der Waals surface area (Å²) in [6, 6.07) is 7.20. The van der Waals surface area contributed by atoms with Gasteiger partial charge in [-0.25, -0.2) is 9.18 Å². The van der Waals surface area contributed by atoms with Crippen molar-refractivity contribution in [1.29, 1.82) is 0 Å². The highest BCUT2D eigenvalue weighted by Gasteiger charge is 2.26. The number of nitrogens with zero attached hydrogens (tertiary/aromatic N) is 2. The van der Waals surface area contributed by atoms with Crippen molar-refractivity contribution in [3.8, 4) is 0 Å². The SMILES string of the molecule is O=C(NCc1ccccc1F)N1CCN(C2CCCCC2)CC1. The van der Waals surface area contributed by atoms with Crippen LogP contribution in [0.15, 0.2) is 24.3 Å². The van der Waals surface area contributed by atoms with Crippen LogP contribution in [-0.4, -0.2) is 48.1 Å². The van der Waals surface area contributed by atoms with Gasteiger partial charge < -0.3 is 10.2 Å². The molecule has 0 aromatic heterocycles. The van der Waals surface area contributed by atoms with Crippen molar-refractivity contribution in [2.45, 2.75) is 44.7 Å². The van der Waals surface area contributed by atoms with E-state index in [0.29, 0.717) is 11.6 Å². The van der Waals surface area contributed by atoms with Crippen molar-refractivity contribution in [2.75, 3.05) is 26.2 Å². The molecule has 0 radical (unpaired) electrons. The lowest BCUT2D eigenvalue weighted by molar-refractivity contribution is 0.0905. The number of carbonyl (C=O) groups is 1. The van der Waals surface area contributed by atoms with Crippen LogP contribution in [0.4, 0.5) is 9.18 Å². The summed E-state index contributed by atoms with van der Waals surface area (Å²) >= 11 is 0. The van der Waals surface area contributed by atoms with Gasteiger partial charge in [0.25, 0.3) is 0 Å². The zero-order chi connectivity index (χ0) is 16.1. The van der Waals surface area contributed by atoms with Gasteiger partial charge >= 0.3 is 6.03 Å². The molecule has 2 fully saturated rings. The van der Waals surface area contributed by atoms with Crippen LogP contribution in [0.25, 0.3) is 0 Å². The number of halogens is 1. The number of hydrogen-bond donors (Lipinski definition) is 1. The molecule has 1 aromatic rings. The minimum atomic E-state index is -0.269. The topological polar surface area (TPSA) is 35.6 Å². The third-order valence-corrected chi connectivity index (χ3v) is 5.08. The molecule has 0 spiro atoms. The van der Waals surface area contributed by atoms with Crippen LogP contribution in [0.3, 0.4) is 0 Å². The number of urea groups is 1. The Balaban J connectivity index is 1.44. The van der Waals surface area contributed by atoms with Gasteiger partial charge in [0, 0.05) is 44.3 Å². The number of amides is 2. The summed E-state index contributed by atoms with van der Waals surface area (Å²) in [4.78, 5) is 16.6. The fourth-order valence-corrected chi connectivity index (χ4v) is 3.66. The predicted molar refractivity (Wildman–Crippen MR) is 88.7 cm³/mol. The summed E-state index contributed by atoms with van der Waals surface area (Å²) in [5.74, 6) is -0.269. The first-order valence-corrected chi connectivity index (χ1v) is 8.74. The van der Waals surface area contributed by atoms with Crippen molar-refractivity contribution < 1.29 is 9.18 Å². The number of rotatable bonds is 3. The Bertz CT molecular complexity index is 523. The standard InChI is InChI=1S/C18H26FN3O/c19-17-9-5-4-6-15(17)14-20-18(23)22-12-10-21(11-13-22)16-7-2-1-3-8-16/h4-6,9,16H,1-3,7-8,10-14H2,(H,20,23). The molecule has 4 nitrogen and oxygen atoms in total. The second-order valence-electron chi connectivity index (χ2n) is 6.56. The summed E-state index contributed by atoms with van der Waals surface area (Å²) in [6.07, 6.45) is 6.66. The van der Waals surface area contributed by atoms with E-state index in [1.807, 2.05) is 4.90 Å². The Hall–Kier alpha value is -1.62. The first-order valence-electron chi connectivity index (χ1n) is 8.74. The van der Waals surface area contributed by atoms with E-state index in [9.17, 15) is 9.18 Å². The zero-order valence-corrected chi connectivity index (χ0v) is 13.6. The van der Waals surface area contributed by atoms with Gasteiger partial charge in [-0.05, 0) is 18.9 Å². The van der Waals surface area contributed by atoms with E-state index in [-0.39, 0.29) is 18.4 Å². The average Bonchev–Trinajstić information content (AvgIpc) is 2.62. The normalized spacial score (nSPS) is 20.5. The molecule has 126 valence electrons. The highest BCUT2D eigenvalue weighted by atomic mass is 19.1. The third-order valence-electron chi connectivity index (χ3n) is 5.08. The molecule has 1 aromatic carbocycles. The van der Waals surface area contributed by atoms with Gasteiger partial charge in [0.05, 0.1) is 0 Å². The molecule has 0 atom stereocenters. The Morgan fingerprint density at radius 1 is 1.09 bits per heavy atom. The molecule has 2 amide bonds. The average molecular weight is 319 g/mol. The second-order valence-corrected chi connectivity index (χ2v) is 6.56. The Morgan fingerprint density at radius 3 is 2.48 bits per heavy atom. The lowest BCUT2D eigenvalue weighted by atomic mass is 9.94. The van der Waals surface area contributed by atoms with Gasteiger partial charge in [-0.2, -0.15) is 0 Å². The maximum Gasteiger partial charge on any atom is 0.317 e. The molecule has 1 aliphatic carbocycles. The Labute approximate surface area is 137 Å². The van der Waals surface area contributed by atoms with Crippen molar-refractivity contribution in [2.24, 2.45) is 0 Å². The molecule has 1 heterocycles. The van der Waals surface area contributed by atoms with Crippen LogP contribution in [0.1, 0.15) is 37.7 Å². The van der Waals surface area contributed by atoms with Crippen molar-refractivity contribution in [1.82, 2.24) is 15.1 Å². The van der Waals surface area contributed by atoms with Crippen molar-refractivity contribution in [3.63, 3.8) is 0 Å². The molecule has 1 saturated carbocycles. The third kappa shape index (κ3) is 4.22. The molecule has 3 rings (SSSR count). The number of benzene rings is 1. The van der Waals surface area contributed by atoms with Crippen molar-refractivity contribution >= 4 is 6.03 Å². The Morgan fingerprint density at radius 2 is 1.78 bits per heavy atom. The van der Waals surface area contributed by atoms with Gasteiger partial charge in [-0.1, -0.05) is 37.5 Å². The van der Waals surface area contributed by atoms with Crippen LogP contribution < -0.4 is 5.32 Å². The van der Waals surface area contributed by atoms with Crippen LogP contribution in [0, 0.1) is 5.82 Å². The van der Waals surface area contributed by atoms with E-state index in [1.54, 1.807) is 18.2 Å². The summed E-state index contributed by atoms with van der Waals surface area (Å²) in [7, 11) is 0. The smallest absolute Gasteiger partial charge is 0.317 e. The van der Waals surface area contributed by atoms with Gasteiger partial charge in [-0.15, -0.1) is 0 Å². The van der Waals surface area contributed by atoms with E-state index in [1.165, 1.54) is 38.2 Å². The maximum absolute atomic E-state index is 13.6. The maximum atomic E-state index is 13.6. The first kappa shape index (κ1) is 16.2. The molecule has 0 bridgehead atoms. The highest BCUT2D eigenvalue weighted by Crippen LogP contribution is 2.23. The van der Waals surface area contributed by atoms with E-state index in [4.69, 9.17) is 0 Å². The molecular weight excluding hydrogens is 293 g/mol. The highest BCUT2D eigenvalue weighted by molar-refractivity contribution is 5.74. The van der Waals surface area contributed by atoms with Crippen molar-refractivity contribution in [3.05, 3.63) is 35.6 Å². The number of nitrogens with one attached hydrogen (secondary N) is 1. The minimum absolute atomic E-state index is 0.0865. The van der Waals surface area contributed by atoms with Crippen LogP contribution in [0.5, 0.6) is 0 Å². The van der Waals surface area contributed by atoms with E-state index in [2.05, 4.69) is 10.2 Å². The molecule has 23 heavy (non-hydrogen) atoms. The zero-order valence-electron chi connectivity index (χ0n) is 13.6. The van der Waals surface area contributed by atoms with E-state index < -0.39 is 0 Å². The predicted octanol–water partition coefficient (Wildman–Crippen LogP) is 2.99. The van der Waals surface area contributed by atoms with Gasteiger partial charge in [0.2, 0.25) is 0 Å². The number of hydrogen-bond acceptors (Lipinski definition) is 2. The molecule has 0 unspecified atom stereocenters. The lowest BCUT2D eigenvalue weighted by Gasteiger charge is -2.40. The van der Waals surface area contributed by atoms with Crippen LogP contribution >= 0.6 is 0 Å². The first-order chi connectivity index (χ1) is 11.2. The van der Waals surface area contributed by atoms with Crippen LogP contribution in [0.2, 0.25) is 0 Å². The van der Waals surface area contributed by atoms with Gasteiger partial charge in [0.1, 0.15) is 5.82 Å². The molecule has 2 aliphatic rings. The van der Waals surface area contributed by atoms with Crippen LogP contribution in [-0.2, 0) is 6.54 Å². The molecule has 5 heteroatoms. The molecule has 1 saturated heterocycles. The summed E-state index contributed by atoms with van der Waals surface area (Å²) in [6.45, 7) is 3.68. The molecular formula is C18H26FN3O. The van der Waals surface area contributed by atoms with Gasteiger partial charge in [-0.3, -0.25) is 4.90 Å². The lowest BCUT2D eigenvalue weighted by Crippen LogP contribution is -2.54. The summed E-state index contributed by atoms with van der Waals surface area (Å²) in [5, 5.41) is 2.83. The quantitative estimate of drug-likeness (QED) is 0.930. The molecule has 1 N–H and O–H groups in total. The summed E-state index contributed by atoms with van der Waals surface area (Å²) in [5.41, 5.74) is 0.529. The summed E-state index contributed by atoms with van der Waals surface area (Å²) < 4.78 is 13.6. The second kappa shape index (κ2) is 7.77. The largest absolute Gasteiger partial charge is 0.334 e.